The summed E-state index contributed by atoms with van der Waals surface area (Å²) in [5.74, 6) is 0.198. The number of hydrogen-bond acceptors (Lipinski definition) is 5. The van der Waals surface area contributed by atoms with E-state index in [4.69, 9.17) is 5.26 Å². The molecule has 7 heteroatoms. The maximum absolute atomic E-state index is 12.1. The molecule has 22 heavy (non-hydrogen) atoms. The van der Waals surface area contributed by atoms with Crippen molar-refractivity contribution < 1.29 is 4.92 Å². The summed E-state index contributed by atoms with van der Waals surface area (Å²) in [6.45, 7) is 4.28. The molecule has 0 aliphatic carbocycles. The van der Waals surface area contributed by atoms with Gasteiger partial charge in [0.15, 0.2) is 0 Å². The van der Waals surface area contributed by atoms with Crippen LogP contribution in [0.4, 0.5) is 5.69 Å². The normalized spacial score (nSPS) is 10.5. The standard InChI is InChI=1S/C15H14N4O3/c1-10(2)9-18-15(20)12(8-16)7-14(17-18)11-3-5-13(6-4-11)19(21)22/h3-7,10H,9H2,1-2H3. The molecule has 7 nitrogen and oxygen atoms in total. The molecule has 2 aromatic rings. The van der Waals surface area contributed by atoms with Crippen LogP contribution in [0.2, 0.25) is 0 Å². The molecule has 0 fully saturated rings. The second-order valence-corrected chi connectivity index (χ2v) is 5.24. The molecule has 1 aromatic heterocycles. The van der Waals surface area contributed by atoms with Gasteiger partial charge in [-0.05, 0) is 24.1 Å². The van der Waals surface area contributed by atoms with Gasteiger partial charge in [-0.25, -0.2) is 4.68 Å². The lowest BCUT2D eigenvalue weighted by atomic mass is 10.1. The fraction of sp³-hybridized carbons (Fsp3) is 0.267. The van der Waals surface area contributed by atoms with Crippen LogP contribution in [0.5, 0.6) is 0 Å². The number of nitrogens with zero attached hydrogens (tertiary/aromatic N) is 4. The average Bonchev–Trinajstić information content (AvgIpc) is 2.49. The predicted octanol–water partition coefficient (Wildman–Crippen LogP) is 2.35. The van der Waals surface area contributed by atoms with E-state index in [1.807, 2.05) is 19.9 Å². The largest absolute Gasteiger partial charge is 0.284 e. The molecule has 0 spiro atoms. The number of hydrogen-bond donors (Lipinski definition) is 0. The zero-order valence-corrected chi connectivity index (χ0v) is 12.2. The number of non-ortho nitro benzene ring substituents is 1. The Morgan fingerprint density at radius 3 is 2.50 bits per heavy atom. The minimum absolute atomic E-state index is 0.00371. The van der Waals surface area contributed by atoms with Crippen molar-refractivity contribution in [3.63, 3.8) is 0 Å². The Bertz CT molecular complexity index is 801. The van der Waals surface area contributed by atoms with E-state index >= 15 is 0 Å². The zero-order valence-electron chi connectivity index (χ0n) is 12.2. The van der Waals surface area contributed by atoms with Gasteiger partial charge in [-0.3, -0.25) is 14.9 Å². The molecule has 0 unspecified atom stereocenters. The van der Waals surface area contributed by atoms with E-state index in [1.54, 1.807) is 12.1 Å². The van der Waals surface area contributed by atoms with Gasteiger partial charge in [-0.2, -0.15) is 10.4 Å². The van der Waals surface area contributed by atoms with Gasteiger partial charge >= 0.3 is 0 Å². The highest BCUT2D eigenvalue weighted by Gasteiger charge is 2.12. The van der Waals surface area contributed by atoms with Gasteiger partial charge in [0.2, 0.25) is 0 Å². The number of nitro benzene ring substituents is 1. The third kappa shape index (κ3) is 3.17. The first-order valence-electron chi connectivity index (χ1n) is 6.69. The van der Waals surface area contributed by atoms with Gasteiger partial charge in [0.25, 0.3) is 11.2 Å². The fourth-order valence-electron chi connectivity index (χ4n) is 1.99. The van der Waals surface area contributed by atoms with Crippen LogP contribution in [-0.4, -0.2) is 14.7 Å². The molecule has 0 aliphatic rings. The first-order valence-corrected chi connectivity index (χ1v) is 6.69. The highest BCUT2D eigenvalue weighted by molar-refractivity contribution is 5.61. The van der Waals surface area contributed by atoms with Crippen LogP contribution < -0.4 is 5.56 Å². The lowest BCUT2D eigenvalue weighted by Crippen LogP contribution is -2.27. The van der Waals surface area contributed by atoms with Crippen LogP contribution in [0, 0.1) is 27.4 Å². The van der Waals surface area contributed by atoms with Crippen LogP contribution >= 0.6 is 0 Å². The molecule has 2 rings (SSSR count). The first kappa shape index (κ1) is 15.4. The van der Waals surface area contributed by atoms with Crippen LogP contribution in [0.1, 0.15) is 19.4 Å². The van der Waals surface area contributed by atoms with Crippen molar-refractivity contribution >= 4 is 5.69 Å². The Labute approximate surface area is 126 Å². The Morgan fingerprint density at radius 2 is 2.00 bits per heavy atom. The number of nitriles is 1. The summed E-state index contributed by atoms with van der Waals surface area (Å²) in [6, 6.07) is 9.09. The molecule has 0 N–H and O–H groups in total. The summed E-state index contributed by atoms with van der Waals surface area (Å²) in [7, 11) is 0. The van der Waals surface area contributed by atoms with Crippen molar-refractivity contribution in [2.24, 2.45) is 5.92 Å². The predicted molar refractivity (Wildman–Crippen MR) is 80.1 cm³/mol. The molecule has 0 saturated carbocycles. The molecule has 1 aromatic carbocycles. The summed E-state index contributed by atoms with van der Waals surface area (Å²) in [5.41, 5.74) is 0.594. The second kappa shape index (κ2) is 6.18. The third-order valence-electron chi connectivity index (χ3n) is 3.01. The Hall–Kier alpha value is -3.01. The molecule has 0 bridgehead atoms. The SMILES string of the molecule is CC(C)Cn1nc(-c2ccc([N+](=O)[O-])cc2)cc(C#N)c1=O. The number of aromatic nitrogens is 2. The van der Waals surface area contributed by atoms with E-state index in [0.29, 0.717) is 17.8 Å². The quantitative estimate of drug-likeness (QED) is 0.636. The zero-order chi connectivity index (χ0) is 16.3. The van der Waals surface area contributed by atoms with E-state index < -0.39 is 10.5 Å². The van der Waals surface area contributed by atoms with E-state index in [2.05, 4.69) is 5.10 Å². The fourth-order valence-corrected chi connectivity index (χ4v) is 1.99. The molecule has 0 atom stereocenters. The van der Waals surface area contributed by atoms with E-state index in [9.17, 15) is 14.9 Å². The van der Waals surface area contributed by atoms with Crippen molar-refractivity contribution in [1.82, 2.24) is 9.78 Å². The Morgan fingerprint density at radius 1 is 1.36 bits per heavy atom. The van der Waals surface area contributed by atoms with Crippen molar-refractivity contribution in [1.29, 1.82) is 5.26 Å². The van der Waals surface area contributed by atoms with Crippen LogP contribution in [0.15, 0.2) is 35.1 Å². The summed E-state index contributed by atoms with van der Waals surface area (Å²) in [4.78, 5) is 22.2. The van der Waals surface area contributed by atoms with Crippen LogP contribution in [0.25, 0.3) is 11.3 Å². The number of nitro groups is 1. The first-order chi connectivity index (χ1) is 10.4. The summed E-state index contributed by atoms with van der Waals surface area (Å²) in [5, 5.41) is 24.0. The molecule has 0 aliphatic heterocycles. The number of benzene rings is 1. The van der Waals surface area contributed by atoms with Crippen LogP contribution in [-0.2, 0) is 6.54 Å². The highest BCUT2D eigenvalue weighted by Crippen LogP contribution is 2.20. The van der Waals surface area contributed by atoms with Crippen molar-refractivity contribution in [3.05, 3.63) is 56.4 Å². The van der Waals surface area contributed by atoms with Crippen LogP contribution in [0.3, 0.4) is 0 Å². The molecular weight excluding hydrogens is 284 g/mol. The van der Waals surface area contributed by atoms with Gasteiger partial charge in [-0.15, -0.1) is 0 Å². The monoisotopic (exact) mass is 298 g/mol. The van der Waals surface area contributed by atoms with Crippen molar-refractivity contribution in [3.8, 4) is 17.3 Å². The van der Waals surface area contributed by atoms with E-state index in [0.717, 1.165) is 0 Å². The molecule has 112 valence electrons. The number of rotatable bonds is 4. The highest BCUT2D eigenvalue weighted by atomic mass is 16.6. The lowest BCUT2D eigenvalue weighted by Gasteiger charge is -2.10. The van der Waals surface area contributed by atoms with E-state index in [-0.39, 0.29) is 17.2 Å². The Kier molecular flexibility index (Phi) is 4.32. The molecule has 0 saturated heterocycles. The van der Waals surface area contributed by atoms with Crippen molar-refractivity contribution in [2.45, 2.75) is 20.4 Å². The van der Waals surface area contributed by atoms with Gasteiger partial charge in [0.05, 0.1) is 10.6 Å². The van der Waals surface area contributed by atoms with Crippen molar-refractivity contribution in [2.75, 3.05) is 0 Å². The maximum Gasteiger partial charge on any atom is 0.284 e. The Balaban J connectivity index is 2.53. The van der Waals surface area contributed by atoms with E-state index in [1.165, 1.54) is 22.9 Å². The molecule has 1 heterocycles. The minimum atomic E-state index is -0.488. The van der Waals surface area contributed by atoms with Gasteiger partial charge in [0, 0.05) is 24.2 Å². The molecular formula is C15H14N4O3. The second-order valence-electron chi connectivity index (χ2n) is 5.24. The smallest absolute Gasteiger partial charge is 0.266 e. The maximum atomic E-state index is 12.1. The van der Waals surface area contributed by atoms with Gasteiger partial charge in [0.1, 0.15) is 11.6 Å². The van der Waals surface area contributed by atoms with Gasteiger partial charge in [-0.1, -0.05) is 13.8 Å². The summed E-state index contributed by atoms with van der Waals surface area (Å²) >= 11 is 0. The summed E-state index contributed by atoms with van der Waals surface area (Å²) in [6.07, 6.45) is 0. The third-order valence-corrected chi connectivity index (χ3v) is 3.01. The average molecular weight is 298 g/mol. The molecule has 0 radical (unpaired) electrons. The summed E-state index contributed by atoms with van der Waals surface area (Å²) < 4.78 is 1.26. The minimum Gasteiger partial charge on any atom is -0.266 e. The lowest BCUT2D eigenvalue weighted by molar-refractivity contribution is -0.384. The van der Waals surface area contributed by atoms with Gasteiger partial charge < -0.3 is 0 Å². The molecule has 0 amide bonds. The topological polar surface area (TPSA) is 102 Å².